The second kappa shape index (κ2) is 6.33. The number of aryl methyl sites for hydroxylation is 1. The van der Waals surface area contributed by atoms with Crippen molar-refractivity contribution in [1.29, 1.82) is 0 Å². The van der Waals surface area contributed by atoms with Crippen LogP contribution < -0.4 is 14.8 Å². The number of nitrogens with zero attached hydrogens (tertiary/aromatic N) is 4. The third kappa shape index (κ3) is 3.24. The van der Waals surface area contributed by atoms with Gasteiger partial charge >= 0.3 is 0 Å². The monoisotopic (exact) mass is 277 g/mol. The van der Waals surface area contributed by atoms with Crippen LogP contribution in [0.15, 0.2) is 18.2 Å². The van der Waals surface area contributed by atoms with E-state index in [4.69, 9.17) is 9.47 Å². The molecular weight excluding hydrogens is 258 g/mol. The lowest BCUT2D eigenvalue weighted by Crippen LogP contribution is -2.12. The van der Waals surface area contributed by atoms with Gasteiger partial charge in [0.05, 0.1) is 14.2 Å². The predicted molar refractivity (Wildman–Crippen MR) is 73.6 cm³/mol. The molecule has 1 N–H and O–H groups in total. The summed E-state index contributed by atoms with van der Waals surface area (Å²) in [5.74, 6) is 1.88. The molecule has 7 nitrogen and oxygen atoms in total. The lowest BCUT2D eigenvalue weighted by molar-refractivity contribution is 0.275. The Bertz CT molecular complexity index is 570. The van der Waals surface area contributed by atoms with E-state index in [1.54, 1.807) is 14.2 Å². The smallest absolute Gasteiger partial charge is 0.212 e. The van der Waals surface area contributed by atoms with Crippen molar-refractivity contribution in [1.82, 2.24) is 25.5 Å². The van der Waals surface area contributed by atoms with Gasteiger partial charge in [-0.2, -0.15) is 4.80 Å². The minimum absolute atomic E-state index is 0.250. The fourth-order valence-electron chi connectivity index (χ4n) is 1.76. The first-order valence-electron chi connectivity index (χ1n) is 6.35. The number of tetrazole rings is 1. The SMILES string of the molecule is CNC(C)c1ccc(OCc2nnn(C)n2)c(OC)c1. The maximum Gasteiger partial charge on any atom is 0.212 e. The number of hydrogen-bond acceptors (Lipinski definition) is 6. The van der Waals surface area contributed by atoms with Crippen molar-refractivity contribution < 1.29 is 9.47 Å². The van der Waals surface area contributed by atoms with Crippen molar-refractivity contribution in [3.8, 4) is 11.5 Å². The van der Waals surface area contributed by atoms with Crippen LogP contribution in [0.2, 0.25) is 0 Å². The molecule has 0 fully saturated rings. The molecule has 2 aromatic rings. The minimum Gasteiger partial charge on any atom is -0.493 e. The lowest BCUT2D eigenvalue weighted by Gasteiger charge is -2.14. The molecule has 1 heterocycles. The number of ether oxygens (including phenoxy) is 2. The zero-order valence-corrected chi connectivity index (χ0v) is 12.1. The number of aromatic nitrogens is 4. The Hall–Kier alpha value is -2.15. The summed E-state index contributed by atoms with van der Waals surface area (Å²) in [6, 6.07) is 6.10. The number of rotatable bonds is 6. The highest BCUT2D eigenvalue weighted by Crippen LogP contribution is 2.30. The van der Waals surface area contributed by atoms with Gasteiger partial charge in [0.1, 0.15) is 0 Å². The van der Waals surface area contributed by atoms with Crippen LogP contribution in [0.3, 0.4) is 0 Å². The highest BCUT2D eigenvalue weighted by molar-refractivity contribution is 5.43. The first-order chi connectivity index (χ1) is 9.63. The minimum atomic E-state index is 0.250. The van der Waals surface area contributed by atoms with Gasteiger partial charge in [-0.15, -0.1) is 10.2 Å². The molecular formula is C13H19N5O2. The van der Waals surface area contributed by atoms with E-state index in [2.05, 4.69) is 27.7 Å². The van der Waals surface area contributed by atoms with Crippen molar-refractivity contribution in [3.63, 3.8) is 0 Å². The number of hydrogen-bond donors (Lipinski definition) is 1. The standard InChI is InChI=1S/C13H19N5O2/c1-9(14-2)10-5-6-11(12(7-10)19-4)20-8-13-15-17-18(3)16-13/h5-7,9,14H,8H2,1-4H3. The Morgan fingerprint density at radius 2 is 2.15 bits per heavy atom. The maximum absolute atomic E-state index is 5.67. The molecule has 0 aliphatic rings. The van der Waals surface area contributed by atoms with Gasteiger partial charge in [-0.1, -0.05) is 6.07 Å². The van der Waals surface area contributed by atoms with Gasteiger partial charge in [0.15, 0.2) is 18.1 Å². The summed E-state index contributed by atoms with van der Waals surface area (Å²) in [5, 5.41) is 14.9. The topological polar surface area (TPSA) is 74.1 Å². The van der Waals surface area contributed by atoms with Gasteiger partial charge in [-0.25, -0.2) is 0 Å². The van der Waals surface area contributed by atoms with E-state index in [-0.39, 0.29) is 12.6 Å². The van der Waals surface area contributed by atoms with Gasteiger partial charge in [0.2, 0.25) is 5.82 Å². The van der Waals surface area contributed by atoms with E-state index in [0.29, 0.717) is 17.3 Å². The van der Waals surface area contributed by atoms with E-state index in [0.717, 1.165) is 5.56 Å². The summed E-state index contributed by atoms with van der Waals surface area (Å²) in [6.07, 6.45) is 0. The van der Waals surface area contributed by atoms with Crippen LogP contribution in [0.25, 0.3) is 0 Å². The number of methoxy groups -OCH3 is 1. The van der Waals surface area contributed by atoms with Crippen LogP contribution in [-0.2, 0) is 13.7 Å². The van der Waals surface area contributed by atoms with Crippen molar-refractivity contribution in [2.75, 3.05) is 14.2 Å². The number of benzene rings is 1. The quantitative estimate of drug-likeness (QED) is 0.851. The zero-order chi connectivity index (χ0) is 14.5. The van der Waals surface area contributed by atoms with E-state index in [9.17, 15) is 0 Å². The lowest BCUT2D eigenvalue weighted by atomic mass is 10.1. The van der Waals surface area contributed by atoms with Crippen LogP contribution in [-0.4, -0.2) is 34.4 Å². The maximum atomic E-state index is 5.67. The first-order valence-corrected chi connectivity index (χ1v) is 6.35. The first kappa shape index (κ1) is 14.3. The highest BCUT2D eigenvalue weighted by Gasteiger charge is 2.10. The van der Waals surface area contributed by atoms with Gasteiger partial charge in [0.25, 0.3) is 0 Å². The summed E-state index contributed by atoms with van der Waals surface area (Å²) in [6.45, 7) is 2.34. The van der Waals surface area contributed by atoms with Crippen molar-refractivity contribution in [3.05, 3.63) is 29.6 Å². The highest BCUT2D eigenvalue weighted by atomic mass is 16.5. The van der Waals surface area contributed by atoms with Gasteiger partial charge in [0, 0.05) is 6.04 Å². The molecule has 2 rings (SSSR count). The van der Waals surface area contributed by atoms with Crippen molar-refractivity contribution in [2.24, 2.45) is 7.05 Å². The molecule has 0 aliphatic heterocycles. The summed E-state index contributed by atoms with van der Waals surface area (Å²) in [5.41, 5.74) is 1.13. The van der Waals surface area contributed by atoms with Crippen LogP contribution in [0, 0.1) is 0 Å². The Balaban J connectivity index is 2.11. The largest absolute Gasteiger partial charge is 0.493 e. The fourth-order valence-corrected chi connectivity index (χ4v) is 1.76. The van der Waals surface area contributed by atoms with Crippen molar-refractivity contribution in [2.45, 2.75) is 19.6 Å². The van der Waals surface area contributed by atoms with Gasteiger partial charge in [-0.3, -0.25) is 0 Å². The zero-order valence-electron chi connectivity index (χ0n) is 12.1. The van der Waals surface area contributed by atoms with Crippen LogP contribution in [0.1, 0.15) is 24.4 Å². The number of nitrogens with one attached hydrogen (secondary N) is 1. The van der Waals surface area contributed by atoms with Crippen LogP contribution in [0.4, 0.5) is 0 Å². The normalized spacial score (nSPS) is 12.2. The molecule has 0 spiro atoms. The molecule has 0 bridgehead atoms. The molecule has 0 saturated carbocycles. The predicted octanol–water partition coefficient (Wildman–Crippen LogP) is 1.08. The molecule has 1 unspecified atom stereocenters. The van der Waals surface area contributed by atoms with E-state index >= 15 is 0 Å². The van der Waals surface area contributed by atoms with Crippen LogP contribution in [0.5, 0.6) is 11.5 Å². The molecule has 0 aliphatic carbocycles. The molecule has 108 valence electrons. The molecule has 1 atom stereocenters. The third-order valence-corrected chi connectivity index (χ3v) is 3.03. The molecule has 0 saturated heterocycles. The average Bonchev–Trinajstić information content (AvgIpc) is 2.89. The Labute approximate surface area is 117 Å². The summed E-state index contributed by atoms with van der Waals surface area (Å²) in [7, 11) is 5.25. The van der Waals surface area contributed by atoms with E-state index in [1.807, 2.05) is 25.2 Å². The second-order valence-electron chi connectivity index (χ2n) is 4.40. The van der Waals surface area contributed by atoms with E-state index < -0.39 is 0 Å². The second-order valence-corrected chi connectivity index (χ2v) is 4.40. The molecule has 0 radical (unpaired) electrons. The molecule has 0 amide bonds. The molecule has 20 heavy (non-hydrogen) atoms. The summed E-state index contributed by atoms with van der Waals surface area (Å²) >= 11 is 0. The summed E-state index contributed by atoms with van der Waals surface area (Å²) in [4.78, 5) is 1.40. The Morgan fingerprint density at radius 3 is 2.75 bits per heavy atom. The van der Waals surface area contributed by atoms with Gasteiger partial charge in [-0.05, 0) is 36.9 Å². The van der Waals surface area contributed by atoms with Crippen molar-refractivity contribution >= 4 is 0 Å². The fraction of sp³-hybridized carbons (Fsp3) is 0.462. The third-order valence-electron chi connectivity index (χ3n) is 3.03. The molecule has 1 aromatic carbocycles. The van der Waals surface area contributed by atoms with E-state index in [1.165, 1.54) is 4.80 Å². The van der Waals surface area contributed by atoms with Gasteiger partial charge < -0.3 is 14.8 Å². The van der Waals surface area contributed by atoms with Crippen LogP contribution >= 0.6 is 0 Å². The Morgan fingerprint density at radius 1 is 1.35 bits per heavy atom. The Kier molecular flexibility index (Phi) is 4.52. The average molecular weight is 277 g/mol. The molecule has 1 aromatic heterocycles. The molecule has 7 heteroatoms. The summed E-state index contributed by atoms with van der Waals surface area (Å²) < 4.78 is 11.0.